The Morgan fingerprint density at radius 2 is 1.75 bits per heavy atom. The van der Waals surface area contributed by atoms with E-state index in [0.717, 1.165) is 6.92 Å². The molecular formula is C6H10Na2O7S. The largest absolute Gasteiger partial charge is 1.00 e. The fourth-order valence-corrected chi connectivity index (χ4v) is 0.619. The van der Waals surface area contributed by atoms with Gasteiger partial charge in [0.2, 0.25) is 5.44 Å². The van der Waals surface area contributed by atoms with Crippen LogP contribution in [0.15, 0.2) is 12.2 Å². The molecule has 0 aliphatic rings. The van der Waals surface area contributed by atoms with Gasteiger partial charge in [0.25, 0.3) is 0 Å². The standard InChI is InChI=1S/C6H8O7S.2Na.2H/c1-4(14(10,11)12)13-6(9)3-2-5(7)8;;;;/h2-4H,1H3,(H,7,8)(H,10,11,12);;;;/q;2*+1;2*-1/b3-2-;;;;. The molecule has 0 amide bonds. The maximum absolute atomic E-state index is 10.7. The van der Waals surface area contributed by atoms with E-state index in [0.29, 0.717) is 12.2 Å². The van der Waals surface area contributed by atoms with Crippen LogP contribution < -0.4 is 59.1 Å². The molecular weight excluding hydrogens is 262 g/mol. The Morgan fingerprint density at radius 3 is 2.06 bits per heavy atom. The van der Waals surface area contributed by atoms with Crippen molar-refractivity contribution in [2.75, 3.05) is 0 Å². The molecule has 0 rings (SSSR count). The third-order valence-corrected chi connectivity index (χ3v) is 2.00. The molecule has 0 saturated carbocycles. The fraction of sp³-hybridized carbons (Fsp3) is 0.333. The van der Waals surface area contributed by atoms with E-state index in [2.05, 4.69) is 4.74 Å². The van der Waals surface area contributed by atoms with Gasteiger partial charge in [0.1, 0.15) is 0 Å². The molecule has 0 aliphatic carbocycles. The normalized spacial score (nSPS) is 12.1. The van der Waals surface area contributed by atoms with Gasteiger partial charge in [-0.3, -0.25) is 4.55 Å². The summed E-state index contributed by atoms with van der Waals surface area (Å²) in [6.07, 6.45) is 1.02. The molecule has 0 radical (unpaired) electrons. The summed E-state index contributed by atoms with van der Waals surface area (Å²) < 4.78 is 33.2. The molecule has 16 heavy (non-hydrogen) atoms. The number of esters is 1. The zero-order valence-electron chi connectivity index (χ0n) is 11.1. The topological polar surface area (TPSA) is 118 Å². The summed E-state index contributed by atoms with van der Waals surface area (Å²) >= 11 is 0. The van der Waals surface area contributed by atoms with E-state index in [4.69, 9.17) is 9.66 Å². The quantitative estimate of drug-likeness (QED) is 0.226. The maximum atomic E-state index is 10.7. The first kappa shape index (κ1) is 21.8. The van der Waals surface area contributed by atoms with E-state index in [-0.39, 0.29) is 62.0 Å². The number of hydrogen-bond donors (Lipinski definition) is 2. The monoisotopic (exact) mass is 272 g/mol. The summed E-state index contributed by atoms with van der Waals surface area (Å²) in [6, 6.07) is 0. The summed E-state index contributed by atoms with van der Waals surface area (Å²) in [4.78, 5) is 20.6. The van der Waals surface area contributed by atoms with Crippen LogP contribution >= 0.6 is 0 Å². The number of ether oxygens (including phenoxy) is 1. The molecule has 10 heteroatoms. The Balaban J connectivity index is -0.000000141. The maximum Gasteiger partial charge on any atom is 1.00 e. The van der Waals surface area contributed by atoms with E-state index in [1.54, 1.807) is 0 Å². The molecule has 0 spiro atoms. The second-order valence-corrected chi connectivity index (χ2v) is 3.88. The van der Waals surface area contributed by atoms with Gasteiger partial charge in [0.15, 0.2) is 0 Å². The van der Waals surface area contributed by atoms with Crippen molar-refractivity contribution in [2.24, 2.45) is 0 Å². The average molecular weight is 272 g/mol. The third-order valence-electron chi connectivity index (χ3n) is 1.06. The Bertz CT molecular complexity index is 370. The van der Waals surface area contributed by atoms with Crippen molar-refractivity contribution in [1.82, 2.24) is 0 Å². The van der Waals surface area contributed by atoms with Gasteiger partial charge >= 0.3 is 81.2 Å². The zero-order valence-corrected chi connectivity index (χ0v) is 13.9. The van der Waals surface area contributed by atoms with E-state index >= 15 is 0 Å². The van der Waals surface area contributed by atoms with Crippen molar-refractivity contribution in [1.29, 1.82) is 0 Å². The van der Waals surface area contributed by atoms with Crippen molar-refractivity contribution in [3.63, 3.8) is 0 Å². The minimum atomic E-state index is -4.46. The molecule has 0 heterocycles. The minimum absolute atomic E-state index is 0. The summed E-state index contributed by atoms with van der Waals surface area (Å²) in [5.74, 6) is -2.54. The summed E-state index contributed by atoms with van der Waals surface area (Å²) in [7, 11) is -4.46. The number of hydrogen-bond acceptors (Lipinski definition) is 5. The van der Waals surface area contributed by atoms with Gasteiger partial charge in [0.05, 0.1) is 0 Å². The van der Waals surface area contributed by atoms with Gasteiger partial charge in [-0.15, -0.1) is 0 Å². The van der Waals surface area contributed by atoms with Gasteiger partial charge in [-0.25, -0.2) is 9.59 Å². The van der Waals surface area contributed by atoms with Crippen LogP contribution in [0, 0.1) is 0 Å². The van der Waals surface area contributed by atoms with Crippen molar-refractivity contribution in [2.45, 2.75) is 12.4 Å². The molecule has 0 aromatic carbocycles. The number of aliphatic carboxylic acids is 1. The van der Waals surface area contributed by atoms with Crippen LogP contribution in [0.3, 0.4) is 0 Å². The second kappa shape index (κ2) is 9.60. The van der Waals surface area contributed by atoms with Crippen molar-refractivity contribution < 1.29 is 94.4 Å². The molecule has 0 aromatic heterocycles. The van der Waals surface area contributed by atoms with Crippen LogP contribution in [0.5, 0.6) is 0 Å². The average Bonchev–Trinajstić information content (AvgIpc) is 1.99. The number of carboxylic acids is 1. The second-order valence-electron chi connectivity index (χ2n) is 2.19. The third kappa shape index (κ3) is 11.1. The van der Waals surface area contributed by atoms with E-state index < -0.39 is 27.5 Å². The summed E-state index contributed by atoms with van der Waals surface area (Å²) in [5.41, 5.74) is -1.73. The molecule has 7 nitrogen and oxygen atoms in total. The minimum Gasteiger partial charge on any atom is -1.00 e. The van der Waals surface area contributed by atoms with Crippen molar-refractivity contribution >= 4 is 22.1 Å². The van der Waals surface area contributed by atoms with Crippen LogP contribution in [0.25, 0.3) is 0 Å². The van der Waals surface area contributed by atoms with Gasteiger partial charge in [-0.2, -0.15) is 8.42 Å². The predicted octanol–water partition coefficient (Wildman–Crippen LogP) is -6.36. The Morgan fingerprint density at radius 1 is 1.31 bits per heavy atom. The Hall–Kier alpha value is 0.590. The molecule has 0 saturated heterocycles. The van der Waals surface area contributed by atoms with Gasteiger partial charge in [-0.05, 0) is 6.92 Å². The van der Waals surface area contributed by atoms with Gasteiger partial charge in [0, 0.05) is 12.2 Å². The first-order valence-corrected chi connectivity index (χ1v) is 4.81. The molecule has 1 atom stereocenters. The van der Waals surface area contributed by atoms with Crippen molar-refractivity contribution in [3.8, 4) is 0 Å². The molecule has 2 N–H and O–H groups in total. The molecule has 0 fully saturated rings. The molecule has 0 aliphatic heterocycles. The van der Waals surface area contributed by atoms with Crippen LogP contribution in [0.4, 0.5) is 0 Å². The van der Waals surface area contributed by atoms with Crippen LogP contribution in [0.1, 0.15) is 9.78 Å². The van der Waals surface area contributed by atoms with Crippen LogP contribution in [-0.4, -0.2) is 35.5 Å². The Kier molecular flexibility index (Phi) is 13.1. The SMILES string of the molecule is CC(OC(=O)/C=C\C(=O)O)S(=O)(=O)O.[H-].[H-].[Na+].[Na+]. The Labute approximate surface area is 140 Å². The number of carboxylic acid groups (broad SMARTS) is 1. The van der Waals surface area contributed by atoms with Crippen LogP contribution in [-0.2, 0) is 24.4 Å². The fourth-order valence-electron chi connectivity index (χ4n) is 0.403. The molecule has 0 bridgehead atoms. The summed E-state index contributed by atoms with van der Waals surface area (Å²) in [5, 5.41) is 8.09. The van der Waals surface area contributed by atoms with E-state index in [1.807, 2.05) is 0 Å². The smallest absolute Gasteiger partial charge is 1.00 e. The first-order chi connectivity index (χ1) is 6.23. The van der Waals surface area contributed by atoms with Crippen molar-refractivity contribution in [3.05, 3.63) is 12.2 Å². The number of carbonyl (C=O) groups is 2. The number of carbonyl (C=O) groups excluding carboxylic acids is 1. The predicted molar refractivity (Wildman–Crippen MR) is 46.1 cm³/mol. The first-order valence-electron chi connectivity index (χ1n) is 3.31. The van der Waals surface area contributed by atoms with E-state index in [9.17, 15) is 18.0 Å². The number of rotatable bonds is 4. The van der Waals surface area contributed by atoms with E-state index in [1.165, 1.54) is 0 Å². The molecule has 1 unspecified atom stereocenters. The molecule has 84 valence electrons. The zero-order chi connectivity index (χ0) is 11.4. The molecule has 0 aromatic rings. The van der Waals surface area contributed by atoms with Gasteiger partial charge < -0.3 is 12.7 Å². The van der Waals surface area contributed by atoms with Gasteiger partial charge in [-0.1, -0.05) is 0 Å². The summed E-state index contributed by atoms with van der Waals surface area (Å²) in [6.45, 7) is 0.932. The van der Waals surface area contributed by atoms with Crippen LogP contribution in [0.2, 0.25) is 0 Å².